The van der Waals surface area contributed by atoms with Gasteiger partial charge in [0, 0.05) is 41.0 Å². The molecule has 0 amide bonds. The number of fused-ring (bicyclic) bond motifs is 1. The van der Waals surface area contributed by atoms with Crippen LogP contribution in [0.5, 0.6) is 0 Å². The van der Waals surface area contributed by atoms with E-state index in [9.17, 15) is 4.79 Å². The molecule has 1 saturated carbocycles. The molecule has 1 fully saturated rings. The average Bonchev–Trinajstić information content (AvgIpc) is 3.14. The Labute approximate surface area is 183 Å². The van der Waals surface area contributed by atoms with Crippen LogP contribution in [0.2, 0.25) is 0 Å². The molecule has 1 N–H and O–H groups in total. The molecule has 3 nitrogen and oxygen atoms in total. The monoisotopic (exact) mass is 410 g/mol. The van der Waals surface area contributed by atoms with Crippen LogP contribution in [0, 0.1) is 19.8 Å². The number of aromatic amines is 1. The van der Waals surface area contributed by atoms with Gasteiger partial charge in [-0.3, -0.25) is 4.79 Å². The summed E-state index contributed by atoms with van der Waals surface area (Å²) in [5.74, 6) is 0.759. The van der Waals surface area contributed by atoms with Crippen molar-refractivity contribution in [2.24, 2.45) is 5.92 Å². The molecule has 0 atom stereocenters. The summed E-state index contributed by atoms with van der Waals surface area (Å²) in [6.07, 6.45) is 10.9. The van der Waals surface area contributed by atoms with Gasteiger partial charge in [0.05, 0.1) is 0 Å². The van der Waals surface area contributed by atoms with Gasteiger partial charge in [0.1, 0.15) is 0 Å². The Balaban J connectivity index is 1.63. The van der Waals surface area contributed by atoms with Crippen LogP contribution in [0.1, 0.15) is 43.2 Å². The molecule has 0 bridgehead atoms. The number of nitrogens with zero attached hydrogens (tertiary/aromatic N) is 1. The number of benzene rings is 2. The summed E-state index contributed by atoms with van der Waals surface area (Å²) in [5, 5.41) is 1.30. The smallest absolute Gasteiger partial charge is 0.250 e. The van der Waals surface area contributed by atoms with Gasteiger partial charge in [0.25, 0.3) is 5.56 Å². The molecule has 0 spiro atoms. The van der Waals surface area contributed by atoms with Crippen LogP contribution in [0.25, 0.3) is 33.2 Å². The number of pyridine rings is 1. The van der Waals surface area contributed by atoms with E-state index in [0.717, 1.165) is 29.2 Å². The molecule has 4 aromatic rings. The molecule has 2 aromatic carbocycles. The lowest BCUT2D eigenvalue weighted by Gasteiger charge is -2.22. The lowest BCUT2D eigenvalue weighted by molar-refractivity contribution is 0.323. The van der Waals surface area contributed by atoms with E-state index in [2.05, 4.69) is 65.1 Å². The van der Waals surface area contributed by atoms with E-state index >= 15 is 0 Å². The quantitative estimate of drug-likeness (QED) is 0.392. The van der Waals surface area contributed by atoms with Gasteiger partial charge in [-0.15, -0.1) is 0 Å². The summed E-state index contributed by atoms with van der Waals surface area (Å²) in [5.41, 5.74) is 8.06. The number of aromatic nitrogens is 2. The molecule has 1 aliphatic rings. The minimum atomic E-state index is -0.0211. The molecule has 31 heavy (non-hydrogen) atoms. The first-order valence-electron chi connectivity index (χ1n) is 11.5. The van der Waals surface area contributed by atoms with E-state index in [1.165, 1.54) is 59.7 Å². The number of H-pyrrole nitrogens is 1. The van der Waals surface area contributed by atoms with Crippen LogP contribution in [0.3, 0.4) is 0 Å². The van der Waals surface area contributed by atoms with E-state index < -0.39 is 0 Å². The van der Waals surface area contributed by atoms with E-state index in [4.69, 9.17) is 0 Å². The van der Waals surface area contributed by atoms with Crippen LogP contribution >= 0.6 is 0 Å². The molecular weight excluding hydrogens is 380 g/mol. The van der Waals surface area contributed by atoms with E-state index in [1.54, 1.807) is 0 Å². The fourth-order valence-electron chi connectivity index (χ4n) is 5.00. The first-order valence-corrected chi connectivity index (χ1v) is 11.5. The van der Waals surface area contributed by atoms with Crippen molar-refractivity contribution in [2.75, 3.05) is 0 Å². The largest absolute Gasteiger partial charge is 0.347 e. The van der Waals surface area contributed by atoms with Crippen molar-refractivity contribution in [3.05, 3.63) is 82.4 Å². The fourth-order valence-corrected chi connectivity index (χ4v) is 5.00. The van der Waals surface area contributed by atoms with Gasteiger partial charge in [0.15, 0.2) is 0 Å². The average molecular weight is 411 g/mol. The maximum atomic E-state index is 11.8. The van der Waals surface area contributed by atoms with Crippen molar-refractivity contribution in [3.63, 3.8) is 0 Å². The zero-order chi connectivity index (χ0) is 21.4. The number of hydrogen-bond donors (Lipinski definition) is 1. The third-order valence-electron chi connectivity index (χ3n) is 6.85. The van der Waals surface area contributed by atoms with Crippen LogP contribution < -0.4 is 5.56 Å². The van der Waals surface area contributed by atoms with Gasteiger partial charge < -0.3 is 9.55 Å². The van der Waals surface area contributed by atoms with E-state index in [0.29, 0.717) is 0 Å². The van der Waals surface area contributed by atoms with Crippen LogP contribution in [0.15, 0.2) is 65.7 Å². The first-order chi connectivity index (χ1) is 15.1. The van der Waals surface area contributed by atoms with Crippen molar-refractivity contribution in [2.45, 2.75) is 52.5 Å². The lowest BCUT2D eigenvalue weighted by Crippen LogP contribution is -2.13. The van der Waals surface area contributed by atoms with Gasteiger partial charge in [-0.1, -0.05) is 61.2 Å². The number of hydrogen-bond acceptors (Lipinski definition) is 1. The van der Waals surface area contributed by atoms with E-state index in [-0.39, 0.29) is 5.56 Å². The highest BCUT2D eigenvalue weighted by atomic mass is 16.1. The molecule has 1 aliphatic carbocycles. The number of rotatable bonds is 4. The Morgan fingerprint density at radius 2 is 1.65 bits per heavy atom. The summed E-state index contributed by atoms with van der Waals surface area (Å²) in [4.78, 5) is 14.7. The molecule has 158 valence electrons. The van der Waals surface area contributed by atoms with Crippen LogP contribution in [0.4, 0.5) is 0 Å². The van der Waals surface area contributed by atoms with Gasteiger partial charge in [-0.05, 0) is 61.4 Å². The van der Waals surface area contributed by atoms with Crippen LogP contribution in [-0.4, -0.2) is 9.55 Å². The Kier molecular flexibility index (Phi) is 5.27. The second-order valence-electron chi connectivity index (χ2n) is 9.20. The normalized spacial score (nSPS) is 14.9. The predicted molar refractivity (Wildman–Crippen MR) is 129 cm³/mol. The minimum Gasteiger partial charge on any atom is -0.347 e. The molecule has 2 heterocycles. The van der Waals surface area contributed by atoms with E-state index in [1.807, 2.05) is 19.2 Å². The Bertz CT molecular complexity index is 1270. The molecule has 3 heteroatoms. The summed E-state index contributed by atoms with van der Waals surface area (Å²) >= 11 is 0. The number of nitrogens with one attached hydrogen (secondary N) is 1. The molecule has 0 unspecified atom stereocenters. The standard InChI is InChI=1S/C28H30N2O/c1-19-8-10-22(11-9-19)26-18-30(17-21-6-4-3-5-7-21)27-15-23(12-13-25(26)27)24-14-20(2)28(31)29-16-24/h8-16,18,21H,3-7,17H2,1-2H3,(H,29,31). The SMILES string of the molecule is Cc1ccc(-c2cn(CC3CCCCC3)c3cc(-c4c[nH]c(=O)c(C)c4)ccc23)cc1. The molecule has 5 rings (SSSR count). The third-order valence-corrected chi connectivity index (χ3v) is 6.85. The summed E-state index contributed by atoms with van der Waals surface area (Å²) in [6.45, 7) is 5.08. The lowest BCUT2D eigenvalue weighted by atomic mass is 9.89. The van der Waals surface area contributed by atoms with Gasteiger partial charge in [-0.2, -0.15) is 0 Å². The van der Waals surface area contributed by atoms with Gasteiger partial charge in [-0.25, -0.2) is 0 Å². The second-order valence-corrected chi connectivity index (χ2v) is 9.20. The fraction of sp³-hybridized carbons (Fsp3) is 0.321. The second kappa shape index (κ2) is 8.22. The van der Waals surface area contributed by atoms with Gasteiger partial charge in [0.2, 0.25) is 0 Å². The zero-order valence-electron chi connectivity index (χ0n) is 18.4. The Hall–Kier alpha value is -3.07. The molecule has 0 saturated heterocycles. The van der Waals surface area contributed by atoms with Crippen molar-refractivity contribution in [1.82, 2.24) is 9.55 Å². The van der Waals surface area contributed by atoms with Crippen molar-refractivity contribution < 1.29 is 0 Å². The highest BCUT2D eigenvalue weighted by Crippen LogP contribution is 2.35. The summed E-state index contributed by atoms with van der Waals surface area (Å²) in [7, 11) is 0. The molecule has 0 radical (unpaired) electrons. The maximum Gasteiger partial charge on any atom is 0.250 e. The molecule has 2 aromatic heterocycles. The third kappa shape index (κ3) is 3.97. The Morgan fingerprint density at radius 3 is 2.39 bits per heavy atom. The van der Waals surface area contributed by atoms with Gasteiger partial charge >= 0.3 is 0 Å². The highest BCUT2D eigenvalue weighted by molar-refractivity contribution is 5.98. The predicted octanol–water partition coefficient (Wildman–Crippen LogP) is 6.86. The van der Waals surface area contributed by atoms with Crippen molar-refractivity contribution >= 4 is 10.9 Å². The molecule has 0 aliphatic heterocycles. The zero-order valence-corrected chi connectivity index (χ0v) is 18.4. The van der Waals surface area contributed by atoms with Crippen LogP contribution in [-0.2, 0) is 6.54 Å². The maximum absolute atomic E-state index is 11.8. The minimum absolute atomic E-state index is 0.0211. The first kappa shape index (κ1) is 19.9. The van der Waals surface area contributed by atoms with Crippen molar-refractivity contribution in [3.8, 4) is 22.3 Å². The summed E-state index contributed by atoms with van der Waals surface area (Å²) in [6, 6.07) is 17.5. The molecular formula is C28H30N2O. The number of aryl methyl sites for hydroxylation is 2. The Morgan fingerprint density at radius 1 is 0.903 bits per heavy atom. The topological polar surface area (TPSA) is 37.8 Å². The van der Waals surface area contributed by atoms with Crippen molar-refractivity contribution in [1.29, 1.82) is 0 Å². The highest BCUT2D eigenvalue weighted by Gasteiger charge is 2.17. The summed E-state index contributed by atoms with van der Waals surface area (Å²) < 4.78 is 2.47.